The number of nitrogens with zero attached hydrogens (tertiary/aromatic N) is 1. The lowest BCUT2D eigenvalue weighted by Gasteiger charge is -2.32. The van der Waals surface area contributed by atoms with Crippen LogP contribution in [0.3, 0.4) is 0 Å². The molecule has 0 unspecified atom stereocenters. The van der Waals surface area contributed by atoms with Gasteiger partial charge in [-0.05, 0) is 49.8 Å². The summed E-state index contributed by atoms with van der Waals surface area (Å²) < 4.78 is 5.49. The average molecular weight is 332 g/mol. The zero-order chi connectivity index (χ0) is 17.5. The summed E-state index contributed by atoms with van der Waals surface area (Å²) >= 11 is 0. The van der Waals surface area contributed by atoms with E-state index in [1.165, 1.54) is 18.1 Å². The predicted molar refractivity (Wildman–Crippen MR) is 95.6 cm³/mol. The lowest BCUT2D eigenvalue weighted by atomic mass is 9.96. The van der Waals surface area contributed by atoms with Crippen molar-refractivity contribution in [3.05, 3.63) is 23.3 Å². The van der Waals surface area contributed by atoms with Crippen molar-refractivity contribution in [2.24, 2.45) is 0 Å². The van der Waals surface area contributed by atoms with Crippen LogP contribution in [-0.2, 0) is 16.0 Å². The van der Waals surface area contributed by atoms with Crippen molar-refractivity contribution < 1.29 is 14.3 Å². The summed E-state index contributed by atoms with van der Waals surface area (Å²) in [6.07, 6.45) is 5.23. The fourth-order valence-corrected chi connectivity index (χ4v) is 3.24. The van der Waals surface area contributed by atoms with Gasteiger partial charge in [0.25, 0.3) is 0 Å². The number of amides is 2. The molecule has 1 aliphatic rings. The first kappa shape index (κ1) is 18.3. The molecule has 132 valence electrons. The third kappa shape index (κ3) is 4.49. The molecule has 1 aliphatic heterocycles. The van der Waals surface area contributed by atoms with Gasteiger partial charge in [0.05, 0.1) is 12.8 Å². The molecule has 2 rings (SSSR count). The van der Waals surface area contributed by atoms with Crippen molar-refractivity contribution in [3.63, 3.8) is 0 Å². The zero-order valence-corrected chi connectivity index (χ0v) is 15.0. The first-order valence-electron chi connectivity index (χ1n) is 8.76. The van der Waals surface area contributed by atoms with E-state index in [1.807, 2.05) is 11.0 Å². The highest BCUT2D eigenvalue weighted by Gasteiger charge is 2.26. The Morgan fingerprint density at radius 2 is 2.04 bits per heavy atom. The monoisotopic (exact) mass is 332 g/mol. The van der Waals surface area contributed by atoms with Crippen LogP contribution < -0.4 is 15.0 Å². The molecule has 0 radical (unpaired) electrons. The lowest BCUT2D eigenvalue weighted by Crippen LogP contribution is -2.36. The van der Waals surface area contributed by atoms with E-state index < -0.39 is 0 Å². The molecule has 5 heteroatoms. The number of ether oxygens (including phenoxy) is 1. The van der Waals surface area contributed by atoms with Gasteiger partial charge in [0.15, 0.2) is 0 Å². The van der Waals surface area contributed by atoms with Gasteiger partial charge in [-0.15, -0.1) is 0 Å². The highest BCUT2D eigenvalue weighted by Crippen LogP contribution is 2.38. The number of rotatable bonds is 7. The van der Waals surface area contributed by atoms with Crippen LogP contribution in [0.5, 0.6) is 5.75 Å². The Hall–Kier alpha value is -2.04. The molecular weight excluding hydrogens is 304 g/mol. The van der Waals surface area contributed by atoms with Gasteiger partial charge in [0, 0.05) is 26.4 Å². The number of benzene rings is 1. The van der Waals surface area contributed by atoms with Gasteiger partial charge in [-0.2, -0.15) is 0 Å². The van der Waals surface area contributed by atoms with Crippen LogP contribution >= 0.6 is 0 Å². The molecular formula is C19H28N2O3. The van der Waals surface area contributed by atoms with E-state index in [4.69, 9.17) is 4.74 Å². The Morgan fingerprint density at radius 3 is 2.75 bits per heavy atom. The van der Waals surface area contributed by atoms with Crippen LogP contribution in [0.1, 0.15) is 50.2 Å². The largest absolute Gasteiger partial charge is 0.495 e. The van der Waals surface area contributed by atoms with Crippen LogP contribution in [0.15, 0.2) is 12.1 Å². The fourth-order valence-electron chi connectivity index (χ4n) is 3.24. The van der Waals surface area contributed by atoms with E-state index in [-0.39, 0.29) is 11.8 Å². The molecule has 2 amide bonds. The van der Waals surface area contributed by atoms with Crippen LogP contribution in [0.25, 0.3) is 0 Å². The van der Waals surface area contributed by atoms with E-state index in [2.05, 4.69) is 18.3 Å². The molecule has 0 aromatic heterocycles. The molecule has 1 heterocycles. The topological polar surface area (TPSA) is 58.6 Å². The summed E-state index contributed by atoms with van der Waals surface area (Å²) in [4.78, 5) is 25.4. The van der Waals surface area contributed by atoms with Crippen molar-refractivity contribution in [1.29, 1.82) is 0 Å². The smallest absolute Gasteiger partial charge is 0.227 e. The Morgan fingerprint density at radius 1 is 1.25 bits per heavy atom. The Kier molecular flexibility index (Phi) is 6.64. The molecule has 1 aromatic carbocycles. The maximum absolute atomic E-state index is 12.7. The number of nitrogens with one attached hydrogen (secondary N) is 1. The van der Waals surface area contributed by atoms with Gasteiger partial charge in [-0.25, -0.2) is 0 Å². The number of hydrogen-bond donors (Lipinski definition) is 1. The second-order valence-corrected chi connectivity index (χ2v) is 6.35. The summed E-state index contributed by atoms with van der Waals surface area (Å²) in [7, 11) is 1.66. The van der Waals surface area contributed by atoms with E-state index >= 15 is 0 Å². The number of unbranched alkanes of at least 4 members (excludes halogenated alkanes) is 2. The van der Waals surface area contributed by atoms with E-state index in [1.54, 1.807) is 7.11 Å². The summed E-state index contributed by atoms with van der Waals surface area (Å²) in [5, 5.41) is 2.78. The quantitative estimate of drug-likeness (QED) is 0.781. The van der Waals surface area contributed by atoms with Crippen molar-refractivity contribution in [3.8, 4) is 5.75 Å². The molecule has 0 fully saturated rings. The third-order valence-corrected chi connectivity index (χ3v) is 4.52. The third-order valence-electron chi connectivity index (χ3n) is 4.52. The highest BCUT2D eigenvalue weighted by atomic mass is 16.5. The predicted octanol–water partition coefficient (Wildman–Crippen LogP) is 2.98. The van der Waals surface area contributed by atoms with Crippen LogP contribution in [0.2, 0.25) is 0 Å². The van der Waals surface area contributed by atoms with Crippen molar-refractivity contribution in [1.82, 2.24) is 5.32 Å². The molecule has 0 bridgehead atoms. The van der Waals surface area contributed by atoms with Gasteiger partial charge in [0.1, 0.15) is 5.75 Å². The number of methoxy groups -OCH3 is 1. The zero-order valence-electron chi connectivity index (χ0n) is 15.0. The van der Waals surface area contributed by atoms with Gasteiger partial charge >= 0.3 is 0 Å². The fraction of sp³-hybridized carbons (Fsp3) is 0.579. The van der Waals surface area contributed by atoms with Crippen molar-refractivity contribution in [2.45, 2.75) is 52.4 Å². The Bertz CT molecular complexity index is 599. The minimum absolute atomic E-state index is 0.00142. The van der Waals surface area contributed by atoms with Gasteiger partial charge in [0.2, 0.25) is 11.8 Å². The van der Waals surface area contributed by atoms with E-state index in [0.717, 1.165) is 50.1 Å². The van der Waals surface area contributed by atoms with Crippen molar-refractivity contribution >= 4 is 17.5 Å². The minimum Gasteiger partial charge on any atom is -0.495 e. The highest BCUT2D eigenvalue weighted by molar-refractivity contribution is 5.96. The van der Waals surface area contributed by atoms with Gasteiger partial charge in [-0.3, -0.25) is 9.59 Å². The number of carbonyl (C=O) groups excluding carboxylic acids is 2. The maximum atomic E-state index is 12.7. The number of fused-ring (bicyclic) bond motifs is 1. The molecule has 1 N–H and O–H groups in total. The first-order valence-corrected chi connectivity index (χ1v) is 8.76. The minimum atomic E-state index is -0.00142. The van der Waals surface area contributed by atoms with E-state index in [9.17, 15) is 9.59 Å². The van der Waals surface area contributed by atoms with Crippen LogP contribution in [0, 0.1) is 6.92 Å². The summed E-state index contributed by atoms with van der Waals surface area (Å²) in [6.45, 7) is 5.06. The molecule has 0 spiro atoms. The molecule has 0 atom stereocenters. The van der Waals surface area contributed by atoms with Gasteiger partial charge < -0.3 is 15.0 Å². The normalized spacial score (nSPS) is 13.4. The number of aryl methyl sites for hydroxylation is 1. The van der Waals surface area contributed by atoms with Crippen molar-refractivity contribution in [2.75, 3.05) is 25.1 Å². The molecule has 5 nitrogen and oxygen atoms in total. The molecule has 0 saturated heterocycles. The summed E-state index contributed by atoms with van der Waals surface area (Å²) in [5.41, 5.74) is 3.42. The maximum Gasteiger partial charge on any atom is 0.227 e. The number of hydrogen-bond acceptors (Lipinski definition) is 3. The Balaban J connectivity index is 1.95. The van der Waals surface area contributed by atoms with Crippen LogP contribution in [0.4, 0.5) is 5.69 Å². The summed E-state index contributed by atoms with van der Waals surface area (Å²) in [5.74, 6) is 0.951. The van der Waals surface area contributed by atoms with Crippen LogP contribution in [-0.4, -0.2) is 32.0 Å². The van der Waals surface area contributed by atoms with E-state index in [0.29, 0.717) is 13.0 Å². The number of anilines is 1. The molecule has 0 aliphatic carbocycles. The first-order chi connectivity index (χ1) is 11.5. The Labute approximate surface area is 144 Å². The average Bonchev–Trinajstić information content (AvgIpc) is 2.57. The lowest BCUT2D eigenvalue weighted by molar-refractivity contribution is -0.119. The second kappa shape index (κ2) is 8.71. The molecule has 1 aromatic rings. The number of carbonyl (C=O) groups is 2. The standard InChI is InChI=1S/C19H28N2O3/c1-14-10-11-17(24-3)19-16(14)8-7-13-21(19)18(23)9-5-4-6-12-20-15(2)22/h10-11H,4-9,12-13H2,1-3H3,(H,20,22). The van der Waals surface area contributed by atoms with Gasteiger partial charge in [-0.1, -0.05) is 12.5 Å². The molecule has 0 saturated carbocycles. The SMILES string of the molecule is COc1ccc(C)c2c1N(C(=O)CCCCCNC(C)=O)CCC2. The second-order valence-electron chi connectivity index (χ2n) is 6.35. The molecule has 24 heavy (non-hydrogen) atoms. The summed E-state index contributed by atoms with van der Waals surface area (Å²) in [6, 6.07) is 4.01.